The summed E-state index contributed by atoms with van der Waals surface area (Å²) in [7, 11) is 1.58. The summed E-state index contributed by atoms with van der Waals surface area (Å²) >= 11 is 1.27. The van der Waals surface area contributed by atoms with Gasteiger partial charge in [-0.25, -0.2) is 4.99 Å². The number of ether oxygens (including phenoxy) is 1. The normalized spacial score (nSPS) is 15.5. The van der Waals surface area contributed by atoms with Crippen LogP contribution in [0.4, 0.5) is 5.69 Å². The molecule has 1 amide bonds. The van der Waals surface area contributed by atoms with Crippen LogP contribution >= 0.6 is 11.3 Å². The lowest BCUT2D eigenvalue weighted by Crippen LogP contribution is -2.40. The highest BCUT2D eigenvalue weighted by atomic mass is 32.1. The summed E-state index contributed by atoms with van der Waals surface area (Å²) < 4.78 is 13.1. The molecule has 0 radical (unpaired) electrons. The Kier molecular flexibility index (Phi) is 5.96. The van der Waals surface area contributed by atoms with E-state index in [-0.39, 0.29) is 11.5 Å². The number of hydrogen-bond donors (Lipinski definition) is 1. The fourth-order valence-corrected chi connectivity index (χ4v) is 5.15. The molecule has 2 aromatic carbocycles. The highest BCUT2D eigenvalue weighted by molar-refractivity contribution is 7.07. The van der Waals surface area contributed by atoms with Crippen molar-refractivity contribution in [3.63, 3.8) is 0 Å². The van der Waals surface area contributed by atoms with Gasteiger partial charge < -0.3 is 14.5 Å². The Labute approximate surface area is 205 Å². The molecule has 1 aliphatic rings. The number of rotatable bonds is 5. The first-order valence-corrected chi connectivity index (χ1v) is 11.9. The molecule has 7 nitrogen and oxygen atoms in total. The molecule has 0 aliphatic carbocycles. The highest BCUT2D eigenvalue weighted by Gasteiger charge is 2.32. The number of anilines is 1. The monoisotopic (exact) mass is 485 g/mol. The molecular weight excluding hydrogens is 462 g/mol. The van der Waals surface area contributed by atoms with Crippen molar-refractivity contribution < 1.29 is 13.9 Å². The number of carbonyl (C=O) groups is 1. The SMILES string of the molecule is COc1cccc([C@H]2C(C(=O)Nc3ccccc3)=C(C)N=c3sc(=Cc4ccc(C)o4)c(=O)n32)c1. The predicted molar refractivity (Wildman–Crippen MR) is 135 cm³/mol. The minimum atomic E-state index is -0.675. The van der Waals surface area contributed by atoms with Crippen LogP contribution < -0.4 is 24.9 Å². The minimum absolute atomic E-state index is 0.242. The van der Waals surface area contributed by atoms with Crippen LogP contribution in [0, 0.1) is 6.92 Å². The van der Waals surface area contributed by atoms with E-state index in [2.05, 4.69) is 10.3 Å². The van der Waals surface area contributed by atoms with Crippen LogP contribution in [-0.4, -0.2) is 17.6 Å². The fraction of sp³-hybridized carbons (Fsp3) is 0.148. The smallest absolute Gasteiger partial charge is 0.271 e. The van der Waals surface area contributed by atoms with E-state index in [1.807, 2.05) is 73.7 Å². The number of methoxy groups -OCH3 is 1. The van der Waals surface area contributed by atoms with E-state index < -0.39 is 6.04 Å². The Balaban J connectivity index is 1.69. The zero-order valence-corrected chi connectivity index (χ0v) is 20.3. The molecule has 35 heavy (non-hydrogen) atoms. The highest BCUT2D eigenvalue weighted by Crippen LogP contribution is 2.32. The predicted octanol–water partition coefficient (Wildman–Crippen LogP) is 3.78. The molecule has 1 aliphatic heterocycles. The van der Waals surface area contributed by atoms with Crippen molar-refractivity contribution in [3.05, 3.63) is 115 Å². The number of aryl methyl sites for hydroxylation is 1. The third-order valence-electron chi connectivity index (χ3n) is 5.74. The molecule has 0 unspecified atom stereocenters. The van der Waals surface area contributed by atoms with Crippen LogP contribution in [0.15, 0.2) is 92.2 Å². The van der Waals surface area contributed by atoms with E-state index in [4.69, 9.17) is 9.15 Å². The maximum absolute atomic E-state index is 13.7. The van der Waals surface area contributed by atoms with Gasteiger partial charge >= 0.3 is 0 Å². The number of carbonyl (C=O) groups excluding carboxylic acids is 1. The number of fused-ring (bicyclic) bond motifs is 1. The van der Waals surface area contributed by atoms with Gasteiger partial charge in [0.1, 0.15) is 17.3 Å². The Morgan fingerprint density at radius 1 is 1.11 bits per heavy atom. The number of thiazole rings is 1. The van der Waals surface area contributed by atoms with E-state index in [0.717, 1.165) is 11.3 Å². The molecule has 2 aromatic heterocycles. The zero-order valence-electron chi connectivity index (χ0n) is 19.4. The topological polar surface area (TPSA) is 85.8 Å². The van der Waals surface area contributed by atoms with Crippen molar-refractivity contribution >= 4 is 29.0 Å². The average molecular weight is 486 g/mol. The number of nitrogens with zero attached hydrogens (tertiary/aromatic N) is 2. The van der Waals surface area contributed by atoms with Gasteiger partial charge in [-0.3, -0.25) is 14.2 Å². The number of furan rings is 1. The summed E-state index contributed by atoms with van der Waals surface area (Å²) in [5.74, 6) is 1.66. The maximum Gasteiger partial charge on any atom is 0.271 e. The summed E-state index contributed by atoms with van der Waals surface area (Å²) in [4.78, 5) is 32.4. The first-order valence-electron chi connectivity index (χ1n) is 11.0. The van der Waals surface area contributed by atoms with Gasteiger partial charge in [0.2, 0.25) is 0 Å². The summed E-state index contributed by atoms with van der Waals surface area (Å²) in [6.07, 6.45) is 1.71. The van der Waals surface area contributed by atoms with Crippen molar-refractivity contribution in [1.82, 2.24) is 4.57 Å². The molecule has 176 valence electrons. The van der Waals surface area contributed by atoms with E-state index in [1.165, 1.54) is 11.3 Å². The molecular formula is C27H23N3O4S. The van der Waals surface area contributed by atoms with Crippen LogP contribution in [-0.2, 0) is 4.79 Å². The fourth-order valence-electron chi connectivity index (χ4n) is 4.12. The molecule has 4 aromatic rings. The number of nitrogens with one attached hydrogen (secondary N) is 1. The van der Waals surface area contributed by atoms with E-state index in [9.17, 15) is 9.59 Å². The lowest BCUT2D eigenvalue weighted by Gasteiger charge is -2.25. The van der Waals surface area contributed by atoms with E-state index in [0.29, 0.717) is 37.8 Å². The quantitative estimate of drug-likeness (QED) is 0.466. The number of aromatic nitrogens is 1. The van der Waals surface area contributed by atoms with Crippen LogP contribution in [0.2, 0.25) is 0 Å². The molecule has 0 fully saturated rings. The largest absolute Gasteiger partial charge is 0.497 e. The lowest BCUT2D eigenvalue weighted by molar-refractivity contribution is -0.113. The van der Waals surface area contributed by atoms with E-state index >= 15 is 0 Å². The van der Waals surface area contributed by atoms with Crippen molar-refractivity contribution in [2.45, 2.75) is 19.9 Å². The summed E-state index contributed by atoms with van der Waals surface area (Å²) in [6, 6.07) is 19.6. The molecule has 0 saturated carbocycles. The van der Waals surface area contributed by atoms with Crippen molar-refractivity contribution in [3.8, 4) is 5.75 Å². The standard InChI is InChI=1S/C27H23N3O4S/c1-16-12-13-21(34-16)15-22-26(32)30-24(18-8-7-11-20(14-18)33-3)23(17(2)28-27(30)35-22)25(31)29-19-9-5-4-6-10-19/h4-15,24H,1-3H3,(H,29,31)/t24-/m0/s1. The molecule has 8 heteroatoms. The summed E-state index contributed by atoms with van der Waals surface area (Å²) in [5.41, 5.74) is 2.11. The van der Waals surface area contributed by atoms with Gasteiger partial charge in [0.25, 0.3) is 11.5 Å². The van der Waals surface area contributed by atoms with Crippen LogP contribution in [0.25, 0.3) is 6.08 Å². The van der Waals surface area contributed by atoms with Gasteiger partial charge in [-0.2, -0.15) is 0 Å². The molecule has 1 atom stereocenters. The number of amides is 1. The molecule has 1 N–H and O–H groups in total. The van der Waals surface area contributed by atoms with Crippen LogP contribution in [0.3, 0.4) is 0 Å². The van der Waals surface area contributed by atoms with Crippen LogP contribution in [0.1, 0.15) is 30.0 Å². The van der Waals surface area contributed by atoms with Crippen molar-refractivity contribution in [2.75, 3.05) is 12.4 Å². The molecule has 3 heterocycles. The number of allylic oxidation sites excluding steroid dienone is 1. The van der Waals surface area contributed by atoms with Gasteiger partial charge in [-0.05, 0) is 55.8 Å². The van der Waals surface area contributed by atoms with Gasteiger partial charge in [0.05, 0.1) is 29.0 Å². The second-order valence-electron chi connectivity index (χ2n) is 8.13. The van der Waals surface area contributed by atoms with Gasteiger partial charge in [-0.15, -0.1) is 0 Å². The zero-order chi connectivity index (χ0) is 24.5. The van der Waals surface area contributed by atoms with Gasteiger partial charge in [0.15, 0.2) is 4.80 Å². The lowest BCUT2D eigenvalue weighted by atomic mass is 9.95. The average Bonchev–Trinajstić information content (AvgIpc) is 3.40. The Hall–Kier alpha value is -4.17. The number of benzene rings is 2. The Morgan fingerprint density at radius 3 is 2.63 bits per heavy atom. The maximum atomic E-state index is 13.7. The van der Waals surface area contributed by atoms with Gasteiger partial charge in [0, 0.05) is 11.8 Å². The third kappa shape index (κ3) is 4.36. The Bertz CT molecular complexity index is 1630. The Morgan fingerprint density at radius 2 is 1.91 bits per heavy atom. The van der Waals surface area contributed by atoms with Gasteiger partial charge in [-0.1, -0.05) is 41.7 Å². The van der Waals surface area contributed by atoms with Crippen LogP contribution in [0.5, 0.6) is 5.75 Å². The van der Waals surface area contributed by atoms with E-state index in [1.54, 1.807) is 24.7 Å². The number of para-hydroxylation sites is 1. The second kappa shape index (κ2) is 9.23. The van der Waals surface area contributed by atoms with Crippen molar-refractivity contribution in [1.29, 1.82) is 0 Å². The number of hydrogen-bond acceptors (Lipinski definition) is 6. The minimum Gasteiger partial charge on any atom is -0.497 e. The van der Waals surface area contributed by atoms with Crippen molar-refractivity contribution in [2.24, 2.45) is 4.99 Å². The molecule has 5 rings (SSSR count). The molecule has 0 saturated heterocycles. The summed E-state index contributed by atoms with van der Waals surface area (Å²) in [6.45, 7) is 3.64. The first-order chi connectivity index (χ1) is 16.9. The summed E-state index contributed by atoms with van der Waals surface area (Å²) in [5, 5.41) is 2.95. The first kappa shape index (κ1) is 22.6. The molecule has 0 spiro atoms. The molecule has 0 bridgehead atoms. The second-order valence-corrected chi connectivity index (χ2v) is 9.14. The third-order valence-corrected chi connectivity index (χ3v) is 6.72.